The maximum atomic E-state index is 12.6. The molecule has 2 heterocycles. The number of amides is 3. The second-order valence-corrected chi connectivity index (χ2v) is 8.87. The van der Waals surface area contributed by atoms with Crippen molar-refractivity contribution in [1.29, 1.82) is 0 Å². The lowest BCUT2D eigenvalue weighted by molar-refractivity contribution is -0.129. The number of carbonyl (C=O) groups excluding carboxylic acids is 3. The molecule has 2 atom stereocenters. The third kappa shape index (κ3) is 3.69. The Labute approximate surface area is 173 Å². The van der Waals surface area contributed by atoms with Crippen molar-refractivity contribution in [2.75, 3.05) is 7.05 Å². The van der Waals surface area contributed by atoms with Crippen molar-refractivity contribution in [3.05, 3.63) is 46.8 Å². The fourth-order valence-electron chi connectivity index (χ4n) is 3.89. The van der Waals surface area contributed by atoms with E-state index in [1.807, 2.05) is 10.9 Å². The first-order chi connectivity index (χ1) is 13.8. The van der Waals surface area contributed by atoms with Gasteiger partial charge in [0.25, 0.3) is 5.24 Å². The van der Waals surface area contributed by atoms with Crippen molar-refractivity contribution >= 4 is 28.8 Å². The van der Waals surface area contributed by atoms with E-state index in [4.69, 9.17) is 0 Å². The lowest BCUT2D eigenvalue weighted by Crippen LogP contribution is -2.35. The zero-order valence-electron chi connectivity index (χ0n) is 16.8. The van der Waals surface area contributed by atoms with Crippen LogP contribution in [0.4, 0.5) is 4.79 Å². The summed E-state index contributed by atoms with van der Waals surface area (Å²) < 4.78 is 1.96. The fourth-order valence-corrected chi connectivity index (χ4v) is 4.88. The average Bonchev–Trinajstić information content (AvgIpc) is 3.22. The minimum absolute atomic E-state index is 0.0106. The molecule has 1 fully saturated rings. The van der Waals surface area contributed by atoms with Gasteiger partial charge in [-0.2, -0.15) is 5.10 Å². The van der Waals surface area contributed by atoms with Gasteiger partial charge in [0.1, 0.15) is 5.25 Å². The Morgan fingerprint density at radius 1 is 1.28 bits per heavy atom. The zero-order chi connectivity index (χ0) is 20.7. The Kier molecular flexibility index (Phi) is 5.21. The molecule has 0 bridgehead atoms. The van der Waals surface area contributed by atoms with Gasteiger partial charge in [0, 0.05) is 24.7 Å². The summed E-state index contributed by atoms with van der Waals surface area (Å²) in [5, 5.41) is 6.70. The maximum Gasteiger partial charge on any atom is 0.288 e. The van der Waals surface area contributed by atoms with E-state index in [1.54, 1.807) is 0 Å². The van der Waals surface area contributed by atoms with E-state index in [2.05, 4.69) is 42.5 Å². The van der Waals surface area contributed by atoms with Crippen molar-refractivity contribution < 1.29 is 14.4 Å². The number of nitrogens with zero attached hydrogens (tertiary/aromatic N) is 3. The topological polar surface area (TPSA) is 84.3 Å². The Hall–Kier alpha value is -2.61. The summed E-state index contributed by atoms with van der Waals surface area (Å²) in [5.74, 6) is -0.516. The number of imide groups is 1. The van der Waals surface area contributed by atoms with E-state index in [-0.39, 0.29) is 29.5 Å². The SMILES string of the molecule is Cc1ccc(-n2ncc3c2CCC[C@@H]3NC(=O)C[C@H]2SC(=O)N(C)C2=O)cc1C. The van der Waals surface area contributed by atoms with E-state index < -0.39 is 5.25 Å². The molecule has 1 aromatic carbocycles. The van der Waals surface area contributed by atoms with Crippen molar-refractivity contribution in [3.63, 3.8) is 0 Å². The van der Waals surface area contributed by atoms with Gasteiger partial charge in [0.2, 0.25) is 11.8 Å². The number of hydrogen-bond donors (Lipinski definition) is 1. The van der Waals surface area contributed by atoms with Crippen LogP contribution in [0.25, 0.3) is 5.69 Å². The van der Waals surface area contributed by atoms with Gasteiger partial charge in [-0.15, -0.1) is 0 Å². The summed E-state index contributed by atoms with van der Waals surface area (Å²) in [7, 11) is 1.45. The lowest BCUT2D eigenvalue weighted by Gasteiger charge is -2.24. The predicted molar refractivity (Wildman–Crippen MR) is 111 cm³/mol. The molecule has 0 saturated carbocycles. The Bertz CT molecular complexity index is 1000. The van der Waals surface area contributed by atoms with Gasteiger partial charge >= 0.3 is 0 Å². The highest BCUT2D eigenvalue weighted by atomic mass is 32.2. The monoisotopic (exact) mass is 412 g/mol. The van der Waals surface area contributed by atoms with Crippen LogP contribution in [0.5, 0.6) is 0 Å². The highest BCUT2D eigenvalue weighted by Gasteiger charge is 2.38. The third-order valence-electron chi connectivity index (χ3n) is 5.75. The molecule has 0 unspecified atom stereocenters. The molecule has 2 aromatic rings. The van der Waals surface area contributed by atoms with E-state index in [1.165, 1.54) is 18.2 Å². The third-order valence-corrected chi connectivity index (χ3v) is 6.88. The molecule has 1 N–H and O–H groups in total. The molecule has 4 rings (SSSR count). The minimum atomic E-state index is -0.631. The summed E-state index contributed by atoms with van der Waals surface area (Å²) in [6, 6.07) is 6.16. The van der Waals surface area contributed by atoms with Crippen LogP contribution in [0.2, 0.25) is 0 Å². The lowest BCUT2D eigenvalue weighted by atomic mass is 9.92. The Morgan fingerprint density at radius 3 is 2.76 bits per heavy atom. The fraction of sp³-hybridized carbons (Fsp3) is 0.429. The van der Waals surface area contributed by atoms with Gasteiger partial charge in [-0.05, 0) is 56.4 Å². The highest BCUT2D eigenvalue weighted by molar-refractivity contribution is 8.15. The van der Waals surface area contributed by atoms with Crippen LogP contribution in [0.1, 0.15) is 47.7 Å². The number of hydrogen-bond acceptors (Lipinski definition) is 5. The first kappa shape index (κ1) is 19.7. The van der Waals surface area contributed by atoms with E-state index >= 15 is 0 Å². The Morgan fingerprint density at radius 2 is 2.07 bits per heavy atom. The van der Waals surface area contributed by atoms with Crippen molar-refractivity contribution in [3.8, 4) is 5.69 Å². The minimum Gasteiger partial charge on any atom is -0.349 e. The second kappa shape index (κ2) is 7.67. The number of carbonyl (C=O) groups is 3. The molecule has 8 heteroatoms. The number of fused-ring (bicyclic) bond motifs is 1. The van der Waals surface area contributed by atoms with Crippen LogP contribution in [-0.2, 0) is 16.0 Å². The normalized spacial score (nSPS) is 21.4. The molecule has 3 amide bonds. The molecule has 152 valence electrons. The molecule has 0 spiro atoms. The van der Waals surface area contributed by atoms with Gasteiger partial charge in [-0.3, -0.25) is 19.3 Å². The average molecular weight is 413 g/mol. The summed E-state index contributed by atoms with van der Waals surface area (Å²) >= 11 is 0.922. The van der Waals surface area contributed by atoms with Crippen molar-refractivity contribution in [1.82, 2.24) is 20.0 Å². The number of rotatable bonds is 4. The van der Waals surface area contributed by atoms with E-state index in [0.29, 0.717) is 0 Å². The molecular weight excluding hydrogens is 388 g/mol. The van der Waals surface area contributed by atoms with Gasteiger partial charge < -0.3 is 5.32 Å². The second-order valence-electron chi connectivity index (χ2n) is 7.71. The maximum absolute atomic E-state index is 12.6. The molecule has 2 aliphatic rings. The number of aromatic nitrogens is 2. The summed E-state index contributed by atoms with van der Waals surface area (Å²) in [5.41, 5.74) is 5.62. The summed E-state index contributed by atoms with van der Waals surface area (Å²) in [6.07, 6.45) is 4.54. The summed E-state index contributed by atoms with van der Waals surface area (Å²) in [6.45, 7) is 4.17. The number of aryl methyl sites for hydroxylation is 2. The predicted octanol–water partition coefficient (Wildman–Crippen LogP) is 3.07. The highest BCUT2D eigenvalue weighted by Crippen LogP contribution is 2.32. The number of thioether (sulfide) groups is 1. The largest absolute Gasteiger partial charge is 0.349 e. The molecule has 1 aliphatic carbocycles. The molecular formula is C21H24N4O3S. The molecule has 7 nitrogen and oxygen atoms in total. The quantitative estimate of drug-likeness (QED) is 0.834. The van der Waals surface area contributed by atoms with E-state index in [0.717, 1.165) is 52.9 Å². The first-order valence-electron chi connectivity index (χ1n) is 9.77. The molecule has 1 aromatic heterocycles. The number of benzene rings is 1. The van der Waals surface area contributed by atoms with Crippen LogP contribution in [0.3, 0.4) is 0 Å². The van der Waals surface area contributed by atoms with Crippen molar-refractivity contribution in [2.45, 2.75) is 50.8 Å². The van der Waals surface area contributed by atoms with E-state index in [9.17, 15) is 14.4 Å². The first-order valence-corrected chi connectivity index (χ1v) is 10.6. The standard InChI is InChI=1S/C21H24N4O3S/c1-12-7-8-14(9-13(12)2)25-17-6-4-5-16(15(17)11-22-25)23-19(26)10-18-20(27)24(3)21(28)29-18/h7-9,11,16,18H,4-6,10H2,1-3H3,(H,23,26)/t16-,18+/m0/s1. The summed E-state index contributed by atoms with van der Waals surface area (Å²) in [4.78, 5) is 37.3. The van der Waals surface area contributed by atoms with Crippen LogP contribution < -0.4 is 5.32 Å². The van der Waals surface area contributed by atoms with Crippen LogP contribution in [-0.4, -0.2) is 44.0 Å². The van der Waals surface area contributed by atoms with Gasteiger partial charge in [0.05, 0.1) is 17.9 Å². The van der Waals surface area contributed by atoms with Crippen LogP contribution >= 0.6 is 11.8 Å². The van der Waals surface area contributed by atoms with Gasteiger partial charge in [-0.25, -0.2) is 4.68 Å². The molecule has 1 aliphatic heterocycles. The molecule has 0 radical (unpaired) electrons. The molecule has 29 heavy (non-hydrogen) atoms. The molecule has 1 saturated heterocycles. The number of nitrogens with one attached hydrogen (secondary N) is 1. The van der Waals surface area contributed by atoms with Crippen LogP contribution in [0, 0.1) is 13.8 Å². The van der Waals surface area contributed by atoms with Crippen LogP contribution in [0.15, 0.2) is 24.4 Å². The van der Waals surface area contributed by atoms with Gasteiger partial charge in [0.15, 0.2) is 0 Å². The Balaban J connectivity index is 1.50. The van der Waals surface area contributed by atoms with Gasteiger partial charge in [-0.1, -0.05) is 17.8 Å². The zero-order valence-corrected chi connectivity index (χ0v) is 17.6. The van der Waals surface area contributed by atoms with Crippen molar-refractivity contribution in [2.24, 2.45) is 0 Å². The smallest absolute Gasteiger partial charge is 0.288 e.